The van der Waals surface area contributed by atoms with Gasteiger partial charge in [0.2, 0.25) is 0 Å². The van der Waals surface area contributed by atoms with Crippen LogP contribution in [0.4, 0.5) is 0 Å². The minimum atomic E-state index is -0.368. The summed E-state index contributed by atoms with van der Waals surface area (Å²) in [5.41, 5.74) is 21.9. The third kappa shape index (κ3) is 3.99. The molecule has 10 aromatic rings. The number of aromatic nitrogens is 2. The van der Waals surface area contributed by atoms with Gasteiger partial charge in [-0.3, -0.25) is 0 Å². The van der Waals surface area contributed by atoms with Gasteiger partial charge in [-0.25, -0.2) is 0 Å². The summed E-state index contributed by atoms with van der Waals surface area (Å²) >= 11 is 0. The molecule has 266 valence electrons. The minimum absolute atomic E-state index is 0.368. The van der Waals surface area contributed by atoms with Crippen LogP contribution in [0.1, 0.15) is 39.9 Å². The Labute approximate surface area is 331 Å². The van der Waals surface area contributed by atoms with Crippen LogP contribution in [0, 0.1) is 0 Å². The van der Waals surface area contributed by atoms with E-state index in [1.807, 2.05) is 0 Å². The minimum Gasteiger partial charge on any atom is -0.312 e. The van der Waals surface area contributed by atoms with E-state index in [1.165, 1.54) is 111 Å². The highest BCUT2D eigenvalue weighted by Crippen LogP contribution is 2.63. The molecule has 0 fully saturated rings. The number of hydrogen-bond acceptors (Lipinski definition) is 0. The van der Waals surface area contributed by atoms with Gasteiger partial charge in [-0.2, -0.15) is 0 Å². The fraction of sp³-hybridized carbons (Fsp3) is 0.0545. The van der Waals surface area contributed by atoms with E-state index in [-0.39, 0.29) is 5.41 Å². The molecule has 0 saturated heterocycles. The molecule has 2 heterocycles. The van der Waals surface area contributed by atoms with Crippen LogP contribution in [0.3, 0.4) is 0 Å². The lowest BCUT2D eigenvalue weighted by Crippen LogP contribution is -2.25. The molecule has 2 aromatic heterocycles. The zero-order chi connectivity index (χ0) is 37.2. The quantitative estimate of drug-likeness (QED) is 0.172. The fourth-order valence-corrected chi connectivity index (χ4v) is 11.0. The van der Waals surface area contributed by atoms with Crippen LogP contribution in [0.2, 0.25) is 0 Å². The van der Waals surface area contributed by atoms with Crippen molar-refractivity contribution in [1.82, 2.24) is 9.13 Å². The molecule has 2 heteroatoms. The molecule has 0 saturated carbocycles. The van der Waals surface area contributed by atoms with Gasteiger partial charge in [-0.05, 0) is 111 Å². The summed E-state index contributed by atoms with van der Waals surface area (Å²) in [4.78, 5) is 0. The first-order chi connectivity index (χ1) is 28.3. The van der Waals surface area contributed by atoms with Gasteiger partial charge in [0.05, 0.1) is 27.7 Å². The van der Waals surface area contributed by atoms with E-state index in [0.717, 1.165) is 12.8 Å². The molecule has 0 unspecified atom stereocenters. The highest BCUT2D eigenvalue weighted by Gasteiger charge is 2.52. The van der Waals surface area contributed by atoms with Crippen molar-refractivity contribution in [1.29, 1.82) is 0 Å². The van der Waals surface area contributed by atoms with Crippen LogP contribution in [-0.4, -0.2) is 9.13 Å². The smallest absolute Gasteiger partial charge is 0.0726 e. The van der Waals surface area contributed by atoms with Gasteiger partial charge >= 0.3 is 0 Å². The van der Waals surface area contributed by atoms with Crippen LogP contribution < -0.4 is 0 Å². The molecule has 13 rings (SSSR count). The van der Waals surface area contributed by atoms with Crippen molar-refractivity contribution in [2.45, 2.75) is 18.3 Å². The highest BCUT2D eigenvalue weighted by atomic mass is 15.0. The Morgan fingerprint density at radius 1 is 0.421 bits per heavy atom. The Morgan fingerprint density at radius 2 is 1.00 bits per heavy atom. The van der Waals surface area contributed by atoms with Crippen molar-refractivity contribution in [3.05, 3.63) is 222 Å². The predicted octanol–water partition coefficient (Wildman–Crippen LogP) is 13.7. The number of para-hydroxylation sites is 2. The molecule has 3 aliphatic rings. The molecule has 8 aromatic carbocycles. The number of allylic oxidation sites excluding steroid dienone is 1. The Balaban J connectivity index is 1.03. The third-order valence-electron chi connectivity index (χ3n) is 13.2. The molecule has 3 aliphatic carbocycles. The Hall–Kier alpha value is -7.16. The molecule has 0 atom stereocenters. The lowest BCUT2D eigenvalue weighted by Gasteiger charge is -2.30. The van der Waals surface area contributed by atoms with E-state index in [1.54, 1.807) is 0 Å². The van der Waals surface area contributed by atoms with Gasteiger partial charge in [0.25, 0.3) is 0 Å². The summed E-state index contributed by atoms with van der Waals surface area (Å²) in [6.07, 6.45) is 6.77. The van der Waals surface area contributed by atoms with Crippen LogP contribution >= 0.6 is 0 Å². The van der Waals surface area contributed by atoms with Crippen molar-refractivity contribution in [2.24, 2.45) is 0 Å². The second-order valence-corrected chi connectivity index (χ2v) is 15.9. The van der Waals surface area contributed by atoms with Crippen LogP contribution in [0.25, 0.3) is 83.5 Å². The molecular formula is C55H36N2. The van der Waals surface area contributed by atoms with Gasteiger partial charge in [0.15, 0.2) is 0 Å². The predicted molar refractivity (Wildman–Crippen MR) is 237 cm³/mol. The van der Waals surface area contributed by atoms with E-state index >= 15 is 0 Å². The molecule has 0 aliphatic heterocycles. The molecule has 57 heavy (non-hydrogen) atoms. The zero-order valence-electron chi connectivity index (χ0n) is 31.3. The first kappa shape index (κ1) is 31.1. The summed E-state index contributed by atoms with van der Waals surface area (Å²) < 4.78 is 5.00. The van der Waals surface area contributed by atoms with Crippen LogP contribution in [0.5, 0.6) is 0 Å². The molecule has 1 spiro atoms. The lowest BCUT2D eigenvalue weighted by molar-refractivity contribution is 0.792. The zero-order valence-corrected chi connectivity index (χ0v) is 31.3. The van der Waals surface area contributed by atoms with E-state index in [0.29, 0.717) is 0 Å². The second kappa shape index (κ2) is 11.4. The average molecular weight is 725 g/mol. The van der Waals surface area contributed by atoms with Crippen molar-refractivity contribution in [3.63, 3.8) is 0 Å². The molecule has 0 bridgehead atoms. The Morgan fingerprint density at radius 3 is 1.75 bits per heavy atom. The number of hydrogen-bond donors (Lipinski definition) is 0. The molecule has 2 nitrogen and oxygen atoms in total. The van der Waals surface area contributed by atoms with Crippen LogP contribution in [-0.2, 0) is 11.8 Å². The maximum absolute atomic E-state index is 2.61. The van der Waals surface area contributed by atoms with E-state index in [9.17, 15) is 0 Å². The number of benzene rings is 8. The first-order valence-electron chi connectivity index (χ1n) is 20.2. The van der Waals surface area contributed by atoms with E-state index in [4.69, 9.17) is 0 Å². The van der Waals surface area contributed by atoms with Gasteiger partial charge in [0, 0.05) is 38.7 Å². The molecular weight excluding hydrogens is 689 g/mol. The fourth-order valence-electron chi connectivity index (χ4n) is 11.0. The SMILES string of the molecule is C1=Cc2c(n(-c3cccc4c3-c3ccccc3C43c4ccccc4-c4ccccc43)c3ccc(-c4ccc5c(c4)c4ccccc4n5-c4ccccc4)cc23)CC1. The van der Waals surface area contributed by atoms with Gasteiger partial charge < -0.3 is 9.13 Å². The molecule has 0 radical (unpaired) electrons. The number of nitrogens with zero attached hydrogens (tertiary/aromatic N) is 2. The van der Waals surface area contributed by atoms with E-state index in [2.05, 4.69) is 203 Å². The summed E-state index contributed by atoms with van der Waals surface area (Å²) in [5.74, 6) is 0. The maximum Gasteiger partial charge on any atom is 0.0726 e. The Bertz CT molecular complexity index is 3310. The van der Waals surface area contributed by atoms with Gasteiger partial charge in [-0.15, -0.1) is 0 Å². The monoisotopic (exact) mass is 724 g/mol. The normalized spacial score (nSPS) is 14.2. The maximum atomic E-state index is 2.61. The number of rotatable bonds is 3. The summed E-state index contributed by atoms with van der Waals surface area (Å²) in [6.45, 7) is 0. The standard InChI is InChI=1S/C55H36N2/c1-2-15-37(16-3-1)56-49-26-12-7-19-40(49)43-33-35(29-31-51(43)56)36-30-32-52-44(34-36)41-20-8-13-27-50(41)57(52)53-28-14-25-48-54(53)42-21-6-11-24-47(42)55(48)45-22-9-4-17-38(45)39-18-5-10-23-46(39)55/h1-12,14-26,28-34H,13,27H2. The van der Waals surface area contributed by atoms with Crippen molar-refractivity contribution < 1.29 is 0 Å². The topological polar surface area (TPSA) is 9.86 Å². The van der Waals surface area contributed by atoms with E-state index < -0.39 is 0 Å². The largest absolute Gasteiger partial charge is 0.312 e. The van der Waals surface area contributed by atoms with Crippen molar-refractivity contribution >= 4 is 38.8 Å². The third-order valence-corrected chi connectivity index (χ3v) is 13.2. The van der Waals surface area contributed by atoms with Gasteiger partial charge in [0.1, 0.15) is 0 Å². The highest BCUT2D eigenvalue weighted by molar-refractivity contribution is 6.11. The molecule has 0 N–H and O–H groups in total. The van der Waals surface area contributed by atoms with Crippen molar-refractivity contribution in [3.8, 4) is 44.8 Å². The summed E-state index contributed by atoms with van der Waals surface area (Å²) in [5, 5.41) is 3.85. The number of fused-ring (bicyclic) bond motifs is 16. The summed E-state index contributed by atoms with van der Waals surface area (Å²) in [7, 11) is 0. The summed E-state index contributed by atoms with van der Waals surface area (Å²) in [6, 6.07) is 68.1. The average Bonchev–Trinajstić information content (AvgIpc) is 3.98. The Kier molecular flexibility index (Phi) is 6.24. The lowest BCUT2D eigenvalue weighted by atomic mass is 9.70. The molecule has 0 amide bonds. The van der Waals surface area contributed by atoms with Crippen molar-refractivity contribution in [2.75, 3.05) is 0 Å². The second-order valence-electron chi connectivity index (χ2n) is 15.9. The van der Waals surface area contributed by atoms with Gasteiger partial charge in [-0.1, -0.05) is 146 Å². The first-order valence-corrected chi connectivity index (χ1v) is 20.2. The van der Waals surface area contributed by atoms with Crippen LogP contribution in [0.15, 0.2) is 188 Å².